The molecule has 0 saturated carbocycles. The maximum absolute atomic E-state index is 10.5. The minimum Gasteiger partial charge on any atom is -0.744 e. The third kappa shape index (κ3) is 13.5. The summed E-state index contributed by atoms with van der Waals surface area (Å²) in [6.45, 7) is 5.12. The summed E-state index contributed by atoms with van der Waals surface area (Å²) >= 11 is 0. The van der Waals surface area contributed by atoms with Crippen LogP contribution in [0.3, 0.4) is 0 Å². The second kappa shape index (κ2) is 19.6. The number of aryl methyl sites for hydroxylation is 3. The van der Waals surface area contributed by atoms with E-state index in [1.165, 1.54) is 24.6 Å². The lowest BCUT2D eigenvalue weighted by Crippen LogP contribution is -2.68. The second-order valence-electron chi connectivity index (χ2n) is 13.4. The molecule has 0 bridgehead atoms. The van der Waals surface area contributed by atoms with Gasteiger partial charge in [0.25, 0.3) is 0 Å². The highest BCUT2D eigenvalue weighted by atomic mass is 32.2. The Morgan fingerprint density at radius 2 is 1.05 bits per heavy atom. The van der Waals surface area contributed by atoms with Gasteiger partial charge >= 0.3 is 0 Å². The normalized spacial score (nSPS) is 12.0. The molecule has 15 heteroatoms. The first-order chi connectivity index (χ1) is 28.4. The Balaban J connectivity index is 0.000000231. The number of phenols is 2. The predicted molar refractivity (Wildman–Crippen MR) is 229 cm³/mol. The number of aromatic hydroxyl groups is 2. The van der Waals surface area contributed by atoms with Gasteiger partial charge in [-0.2, -0.15) is 0 Å². The van der Waals surface area contributed by atoms with Gasteiger partial charge in [-0.05, 0) is 123 Å². The lowest BCUT2D eigenvalue weighted by molar-refractivity contribution is -0.353. The van der Waals surface area contributed by atoms with Crippen molar-refractivity contribution in [1.29, 1.82) is 0 Å². The van der Waals surface area contributed by atoms with E-state index >= 15 is 0 Å². The van der Waals surface area contributed by atoms with Crippen molar-refractivity contribution in [3.05, 3.63) is 174 Å². The maximum Gasteiger partial charge on any atom is 0.204 e. The van der Waals surface area contributed by atoms with Crippen molar-refractivity contribution >= 4 is 60.1 Å². The van der Waals surface area contributed by atoms with E-state index in [0.29, 0.717) is 5.56 Å². The van der Waals surface area contributed by atoms with Gasteiger partial charge in [-0.15, -0.1) is 0 Å². The monoisotopic (exact) mass is 846 g/mol. The third-order valence-electron chi connectivity index (χ3n) is 8.55. The molecule has 0 radical (unpaired) electrons. The zero-order chi connectivity index (χ0) is 43.5. The number of hydrogen-bond donors (Lipinski definition) is 6. The first-order valence-electron chi connectivity index (χ1n) is 18.1. The van der Waals surface area contributed by atoms with Crippen molar-refractivity contribution in [2.45, 2.75) is 30.6 Å². The molecule has 1 aliphatic rings. The molecule has 0 aliphatic heterocycles. The summed E-state index contributed by atoms with van der Waals surface area (Å²) in [5.41, 5.74) is 14.6. The van der Waals surface area contributed by atoms with E-state index in [9.17, 15) is 25.9 Å². The Morgan fingerprint density at radius 1 is 0.567 bits per heavy atom. The fourth-order valence-corrected chi connectivity index (χ4v) is 6.53. The van der Waals surface area contributed by atoms with E-state index in [4.69, 9.17) is 20.7 Å². The Kier molecular flexibility index (Phi) is 14.4. The molecule has 13 nitrogen and oxygen atoms in total. The summed E-state index contributed by atoms with van der Waals surface area (Å²) in [6.07, 6.45) is 8.18. The average Bonchev–Trinajstić information content (AvgIpc) is 3.19. The van der Waals surface area contributed by atoms with Gasteiger partial charge in [0.2, 0.25) is 22.8 Å². The van der Waals surface area contributed by atoms with Gasteiger partial charge in [-0.25, -0.2) is 26.8 Å². The molecule has 1 aliphatic carbocycles. The third-order valence-corrected chi connectivity index (χ3v) is 10.4. The minimum atomic E-state index is -4.45. The zero-order valence-corrected chi connectivity index (χ0v) is 34.3. The molecule has 0 aromatic heterocycles. The fraction of sp³-hybridized carbons (Fsp3) is 0.0667. The number of allylic oxidation sites excluding steroid dienone is 4. The number of nitrogen functional groups attached to an aromatic ring is 1. The number of nitrogens with one attached hydrogen (secondary N) is 3. The standard InChI is InChI=1S/C31H26N4O.2C7H8O4S/c1-22-2-18-30(19-3-22)36-31-20-16-29(17-21-31)35-28-14-12-27(13-15-28)34-26-10-8-25(9-11-26)33-24-6-4-23(32)5-7-24;1-5-4-6(8)2-3-7(5)12(9,10)11;1-5-2-3-6(4-7(5)8)12(9,10)11/h2-21,35H,32H2,1H3;2*2-4,8H,1H3,(H,9,10,11). The summed E-state index contributed by atoms with van der Waals surface area (Å²) in [5, 5.41) is 21.4. The molecule has 6 aromatic carbocycles. The summed E-state index contributed by atoms with van der Waals surface area (Å²) in [7, 11) is -8.86. The number of rotatable bonds is 8. The minimum absolute atomic E-state index is 0.0556. The van der Waals surface area contributed by atoms with E-state index in [-0.39, 0.29) is 22.0 Å². The fourth-order valence-electron chi connectivity index (χ4n) is 5.35. The average molecular weight is 847 g/mol. The molecule has 0 saturated heterocycles. The molecule has 7 rings (SSSR count). The number of benzene rings is 6. The van der Waals surface area contributed by atoms with E-state index in [0.717, 1.165) is 75.6 Å². The Labute approximate surface area is 348 Å². The van der Waals surface area contributed by atoms with Gasteiger partial charge < -0.3 is 35.1 Å². The highest BCUT2D eigenvalue weighted by molar-refractivity contribution is 7.86. The summed E-state index contributed by atoms with van der Waals surface area (Å²) in [6, 6.07) is 38.8. The van der Waals surface area contributed by atoms with Crippen molar-refractivity contribution in [3.63, 3.8) is 0 Å². The van der Waals surface area contributed by atoms with Crippen LogP contribution in [0.25, 0.3) is 0 Å². The molecule has 0 atom stereocenters. The van der Waals surface area contributed by atoms with Crippen LogP contribution in [0, 0.1) is 20.8 Å². The molecule has 6 aromatic rings. The SMILES string of the molecule is Cc1cc(O)ccc1S(=O)(=O)[O-].Cc1ccc(Oc2ccc(Nc3ccc([NH+]=C4C=CC(=[NH+]c5ccc(N)cc5)C=C4)cc3)cc2)cc1.Cc1ccc(S(=O)(=O)[O-])cc1O. The Hall–Kier alpha value is -7.04. The first kappa shape index (κ1) is 44.1. The highest BCUT2D eigenvalue weighted by Gasteiger charge is 2.10. The van der Waals surface area contributed by atoms with Crippen LogP contribution in [-0.4, -0.2) is 47.6 Å². The van der Waals surface area contributed by atoms with E-state index in [2.05, 4.69) is 46.5 Å². The molecule has 0 fully saturated rings. The van der Waals surface area contributed by atoms with Crippen LogP contribution < -0.4 is 25.8 Å². The lowest BCUT2D eigenvalue weighted by atomic mass is 10.1. The van der Waals surface area contributed by atoms with Crippen molar-refractivity contribution in [2.75, 3.05) is 11.1 Å². The van der Waals surface area contributed by atoms with Crippen LogP contribution in [0.15, 0.2) is 168 Å². The van der Waals surface area contributed by atoms with Crippen molar-refractivity contribution in [1.82, 2.24) is 0 Å². The van der Waals surface area contributed by atoms with E-state index in [1.54, 1.807) is 6.92 Å². The molecule has 7 N–H and O–H groups in total. The molecule has 0 unspecified atom stereocenters. The van der Waals surface area contributed by atoms with Gasteiger partial charge in [-0.1, -0.05) is 23.8 Å². The summed E-state index contributed by atoms with van der Waals surface area (Å²) in [5.74, 6) is 1.39. The van der Waals surface area contributed by atoms with Gasteiger partial charge in [0.1, 0.15) is 43.2 Å². The van der Waals surface area contributed by atoms with Crippen LogP contribution in [0.5, 0.6) is 23.0 Å². The smallest absolute Gasteiger partial charge is 0.204 e. The molecular weight excluding hydrogens is 805 g/mol. The lowest BCUT2D eigenvalue weighted by Gasteiger charge is -2.09. The van der Waals surface area contributed by atoms with Crippen LogP contribution in [0.1, 0.15) is 16.7 Å². The maximum atomic E-state index is 10.5. The molecule has 308 valence electrons. The predicted octanol–water partition coefficient (Wildman–Crippen LogP) is 5.45. The number of hydrogen-bond acceptors (Lipinski definition) is 11. The van der Waals surface area contributed by atoms with Gasteiger partial charge in [0.15, 0.2) is 0 Å². The van der Waals surface area contributed by atoms with Crippen LogP contribution >= 0.6 is 0 Å². The molecule has 0 amide bonds. The number of nitrogens with two attached hydrogens (primary N) is 1. The second-order valence-corrected chi connectivity index (χ2v) is 16.1. The number of ether oxygens (including phenoxy) is 1. The van der Waals surface area contributed by atoms with Crippen molar-refractivity contribution in [2.24, 2.45) is 0 Å². The summed E-state index contributed by atoms with van der Waals surface area (Å²) in [4.78, 5) is 6.11. The topological polar surface area (TPSA) is 230 Å². The van der Waals surface area contributed by atoms with E-state index < -0.39 is 25.1 Å². The molecule has 0 heterocycles. The van der Waals surface area contributed by atoms with Gasteiger partial charge in [-0.3, -0.25) is 0 Å². The number of anilines is 3. The quantitative estimate of drug-likeness (QED) is 0.0641. The number of phenolic OH excluding ortho intramolecular Hbond substituents is 2. The Bertz CT molecular complexity index is 2770. The van der Waals surface area contributed by atoms with Crippen LogP contribution in [0.2, 0.25) is 0 Å². The molecule has 0 spiro atoms. The van der Waals surface area contributed by atoms with Crippen molar-refractivity contribution < 1.29 is 50.9 Å². The first-order valence-corrected chi connectivity index (χ1v) is 21.0. The summed E-state index contributed by atoms with van der Waals surface area (Å²) < 4.78 is 68.8. The Morgan fingerprint density at radius 3 is 1.52 bits per heavy atom. The highest BCUT2D eigenvalue weighted by Crippen LogP contribution is 2.25. The van der Waals surface area contributed by atoms with Gasteiger partial charge in [0, 0.05) is 65.6 Å². The van der Waals surface area contributed by atoms with Crippen LogP contribution in [-0.2, 0) is 20.2 Å². The van der Waals surface area contributed by atoms with Crippen molar-refractivity contribution in [3.8, 4) is 23.0 Å². The largest absolute Gasteiger partial charge is 0.744 e. The molecular formula is C45H42N4O9S2. The molecule has 60 heavy (non-hydrogen) atoms. The zero-order valence-electron chi connectivity index (χ0n) is 32.7. The van der Waals surface area contributed by atoms with Crippen LogP contribution in [0.4, 0.5) is 28.4 Å². The van der Waals surface area contributed by atoms with E-state index in [1.807, 2.05) is 97.1 Å². The van der Waals surface area contributed by atoms with Gasteiger partial charge in [0.05, 0.1) is 9.79 Å².